The number of hydrogen-bond acceptors (Lipinski definition) is 6. The maximum atomic E-state index is 13.7. The van der Waals surface area contributed by atoms with Crippen molar-refractivity contribution in [1.29, 1.82) is 0 Å². The molecule has 0 aliphatic heterocycles. The first kappa shape index (κ1) is 22.4. The van der Waals surface area contributed by atoms with Gasteiger partial charge in [0.25, 0.3) is 0 Å². The average molecular weight is 479 g/mol. The van der Waals surface area contributed by atoms with E-state index in [0.29, 0.717) is 42.3 Å². The van der Waals surface area contributed by atoms with Gasteiger partial charge in [-0.15, -0.1) is 11.8 Å². The van der Waals surface area contributed by atoms with Crippen LogP contribution in [0.3, 0.4) is 0 Å². The van der Waals surface area contributed by atoms with Gasteiger partial charge >= 0.3 is 0 Å². The summed E-state index contributed by atoms with van der Waals surface area (Å²) < 4.78 is 1.92. The summed E-state index contributed by atoms with van der Waals surface area (Å²) in [5, 5.41) is 0.853. The van der Waals surface area contributed by atoms with Crippen LogP contribution in [-0.4, -0.2) is 37.3 Å². The molecule has 4 unspecified atom stereocenters. The Hall–Kier alpha value is -2.02. The Morgan fingerprint density at radius 1 is 1.09 bits per heavy atom. The minimum Gasteiger partial charge on any atom is -0.308 e. The SMILES string of the molecule is CSc1ncnc2c1ncn2CC(=O)C1CCC2C3CCC4=CC(=O)CC[C@@]4(C)C3CC[C@@]12C. The van der Waals surface area contributed by atoms with Gasteiger partial charge in [-0.2, -0.15) is 0 Å². The molecule has 4 aliphatic carbocycles. The van der Waals surface area contributed by atoms with Crippen LogP contribution in [0.1, 0.15) is 65.2 Å². The van der Waals surface area contributed by atoms with E-state index in [2.05, 4.69) is 28.8 Å². The number of thioether (sulfide) groups is 1. The van der Waals surface area contributed by atoms with Crippen LogP contribution in [0.2, 0.25) is 0 Å². The number of nitrogens with zero attached hydrogens (tertiary/aromatic N) is 4. The molecule has 2 heterocycles. The number of Topliss-reactive ketones (excluding diaryl/α,β-unsaturated/α-hetero) is 1. The quantitative estimate of drug-likeness (QED) is 0.440. The first-order valence-corrected chi connectivity index (χ1v) is 14.0. The summed E-state index contributed by atoms with van der Waals surface area (Å²) in [5.74, 6) is 2.71. The number of carbonyl (C=O) groups is 2. The lowest BCUT2D eigenvalue weighted by Gasteiger charge is -2.58. The number of imidazole rings is 1. The van der Waals surface area contributed by atoms with Crippen LogP contribution < -0.4 is 0 Å². The van der Waals surface area contributed by atoms with Crippen LogP contribution in [0.5, 0.6) is 0 Å². The Morgan fingerprint density at radius 3 is 2.76 bits per heavy atom. The van der Waals surface area contributed by atoms with Crippen molar-refractivity contribution in [2.45, 2.75) is 76.8 Å². The first-order chi connectivity index (χ1) is 16.3. The Labute approximate surface area is 205 Å². The molecular weight excluding hydrogens is 444 g/mol. The van der Waals surface area contributed by atoms with E-state index in [1.54, 1.807) is 24.4 Å². The maximum Gasteiger partial charge on any atom is 0.164 e. The van der Waals surface area contributed by atoms with Crippen molar-refractivity contribution in [3.05, 3.63) is 24.3 Å². The van der Waals surface area contributed by atoms with Gasteiger partial charge in [0.2, 0.25) is 0 Å². The molecule has 3 saturated carbocycles. The molecule has 0 saturated heterocycles. The molecule has 34 heavy (non-hydrogen) atoms. The van der Waals surface area contributed by atoms with Crippen molar-refractivity contribution < 1.29 is 9.59 Å². The Morgan fingerprint density at radius 2 is 1.94 bits per heavy atom. The van der Waals surface area contributed by atoms with E-state index in [9.17, 15) is 9.59 Å². The average Bonchev–Trinajstić information content (AvgIpc) is 3.40. The number of fused-ring (bicyclic) bond motifs is 6. The molecule has 2 aromatic rings. The number of rotatable bonds is 4. The summed E-state index contributed by atoms with van der Waals surface area (Å²) in [6.45, 7) is 5.17. The van der Waals surface area contributed by atoms with Crippen LogP contribution in [0.25, 0.3) is 11.2 Å². The second kappa shape index (κ2) is 8.00. The second-order valence-electron chi connectivity index (χ2n) is 11.5. The van der Waals surface area contributed by atoms with E-state index >= 15 is 0 Å². The fourth-order valence-electron chi connectivity index (χ4n) is 8.49. The van der Waals surface area contributed by atoms with Gasteiger partial charge in [-0.05, 0) is 85.9 Å². The number of ketones is 2. The van der Waals surface area contributed by atoms with Crippen molar-refractivity contribution in [2.75, 3.05) is 6.26 Å². The van der Waals surface area contributed by atoms with Gasteiger partial charge in [-0.3, -0.25) is 9.59 Å². The molecular formula is C27H34N4O2S. The van der Waals surface area contributed by atoms with E-state index in [0.717, 1.165) is 48.3 Å². The largest absolute Gasteiger partial charge is 0.308 e. The molecule has 0 spiro atoms. The fourth-order valence-corrected chi connectivity index (χ4v) is 8.98. The van der Waals surface area contributed by atoms with Crippen molar-refractivity contribution >= 4 is 34.5 Å². The lowest BCUT2D eigenvalue weighted by atomic mass is 9.46. The van der Waals surface area contributed by atoms with Gasteiger partial charge < -0.3 is 4.57 Å². The third-order valence-electron chi connectivity index (χ3n) is 10.2. The van der Waals surface area contributed by atoms with Gasteiger partial charge in [-0.25, -0.2) is 15.0 Å². The highest BCUT2D eigenvalue weighted by Crippen LogP contribution is 2.66. The number of hydrogen-bond donors (Lipinski definition) is 0. The third kappa shape index (κ3) is 3.18. The van der Waals surface area contributed by atoms with Gasteiger partial charge in [0.05, 0.1) is 12.9 Å². The van der Waals surface area contributed by atoms with Gasteiger partial charge in [0, 0.05) is 12.3 Å². The van der Waals surface area contributed by atoms with Crippen molar-refractivity contribution in [3.63, 3.8) is 0 Å². The topological polar surface area (TPSA) is 77.7 Å². The lowest BCUT2D eigenvalue weighted by molar-refractivity contribution is -0.131. The molecule has 180 valence electrons. The molecule has 2 aromatic heterocycles. The third-order valence-corrected chi connectivity index (χ3v) is 10.9. The van der Waals surface area contributed by atoms with E-state index in [-0.39, 0.29) is 16.7 Å². The zero-order valence-corrected chi connectivity index (χ0v) is 21.2. The summed E-state index contributed by atoms with van der Waals surface area (Å²) in [5.41, 5.74) is 3.21. The fraction of sp³-hybridized carbons (Fsp3) is 0.667. The summed E-state index contributed by atoms with van der Waals surface area (Å²) in [6.07, 6.45) is 15.7. The van der Waals surface area contributed by atoms with Crippen molar-refractivity contribution in [3.8, 4) is 0 Å². The number of allylic oxidation sites excluding steroid dienone is 1. The number of carbonyl (C=O) groups excluding carboxylic acids is 2. The normalized spacial score (nSPS) is 37.1. The minimum atomic E-state index is 0.0795. The summed E-state index contributed by atoms with van der Waals surface area (Å²) in [7, 11) is 0. The molecule has 6 atom stereocenters. The van der Waals surface area contributed by atoms with Gasteiger partial charge in [0.1, 0.15) is 16.9 Å². The van der Waals surface area contributed by atoms with Crippen LogP contribution in [0.4, 0.5) is 0 Å². The minimum absolute atomic E-state index is 0.0795. The zero-order valence-electron chi connectivity index (χ0n) is 20.4. The standard InChI is InChI=1S/C27H34N4O2S/c1-26-10-8-17(32)12-16(26)4-5-18-19-6-7-21(27(19,2)11-9-20(18)26)22(33)13-31-15-30-23-24(31)28-14-29-25(23)34-3/h12,14-15,18-21H,4-11,13H2,1-3H3/t18?,19?,20?,21?,26-,27-/m1/s1. The predicted molar refractivity (Wildman–Crippen MR) is 132 cm³/mol. The molecule has 0 amide bonds. The maximum absolute atomic E-state index is 13.7. The molecule has 0 bridgehead atoms. The van der Waals surface area contributed by atoms with Crippen molar-refractivity contribution in [2.24, 2.45) is 34.5 Å². The van der Waals surface area contributed by atoms with Crippen LogP contribution in [-0.2, 0) is 16.1 Å². The van der Waals surface area contributed by atoms with E-state index in [4.69, 9.17) is 0 Å². The molecule has 6 nitrogen and oxygen atoms in total. The molecule has 0 radical (unpaired) electrons. The molecule has 0 aromatic carbocycles. The molecule has 6 rings (SSSR count). The highest BCUT2D eigenvalue weighted by Gasteiger charge is 2.60. The summed E-state index contributed by atoms with van der Waals surface area (Å²) >= 11 is 1.55. The van der Waals surface area contributed by atoms with E-state index in [1.807, 2.05) is 16.9 Å². The Balaban J connectivity index is 1.24. The van der Waals surface area contributed by atoms with Gasteiger partial charge in [0.15, 0.2) is 17.2 Å². The van der Waals surface area contributed by atoms with E-state index in [1.165, 1.54) is 18.4 Å². The number of aromatic nitrogens is 4. The predicted octanol–water partition coefficient (Wildman–Crippen LogP) is 5.27. The molecule has 3 fully saturated rings. The monoisotopic (exact) mass is 478 g/mol. The highest BCUT2D eigenvalue weighted by atomic mass is 32.2. The van der Waals surface area contributed by atoms with Crippen LogP contribution >= 0.6 is 11.8 Å². The first-order valence-electron chi connectivity index (χ1n) is 12.8. The van der Waals surface area contributed by atoms with Crippen molar-refractivity contribution in [1.82, 2.24) is 19.5 Å². The zero-order chi connectivity index (χ0) is 23.7. The van der Waals surface area contributed by atoms with Crippen LogP contribution in [0.15, 0.2) is 29.3 Å². The smallest absolute Gasteiger partial charge is 0.164 e. The Kier molecular flexibility index (Phi) is 5.28. The molecule has 7 heteroatoms. The summed E-state index contributed by atoms with van der Waals surface area (Å²) in [6, 6.07) is 0. The van der Waals surface area contributed by atoms with Crippen LogP contribution in [0, 0.1) is 34.5 Å². The molecule has 4 aliphatic rings. The molecule has 0 N–H and O–H groups in total. The Bertz CT molecular complexity index is 1200. The van der Waals surface area contributed by atoms with E-state index < -0.39 is 0 Å². The summed E-state index contributed by atoms with van der Waals surface area (Å²) in [4.78, 5) is 39.0. The highest BCUT2D eigenvalue weighted by molar-refractivity contribution is 7.98. The lowest BCUT2D eigenvalue weighted by Crippen LogP contribution is -2.51. The van der Waals surface area contributed by atoms with Gasteiger partial charge in [-0.1, -0.05) is 19.4 Å². The second-order valence-corrected chi connectivity index (χ2v) is 12.3.